The lowest BCUT2D eigenvalue weighted by molar-refractivity contribution is -0.161. The first kappa shape index (κ1) is 108. The number of carbonyl (C=O) groups excluding carboxylic acids is 3. The van der Waals surface area contributed by atoms with E-state index in [2.05, 4.69) is 191 Å². The lowest BCUT2D eigenvalue weighted by Gasteiger charge is -2.21. The molecule has 4 N–H and O–H groups in total. The third kappa shape index (κ3) is 87.6. The first-order chi connectivity index (χ1) is 55.2. The van der Waals surface area contributed by atoms with Gasteiger partial charge in [0.25, 0.3) is 0 Å². The van der Waals surface area contributed by atoms with E-state index in [1.165, 1.54) is 109 Å². The molecule has 0 aromatic heterocycles. The fraction of sp³-hybridized carbons (Fsp3) is 0.674. The Labute approximate surface area is 688 Å². The Morgan fingerprint density at radius 3 is 0.699 bits per heavy atom. The molecule has 0 heterocycles. The van der Waals surface area contributed by atoms with Gasteiger partial charge in [0.1, 0.15) is 25.4 Å². The van der Waals surface area contributed by atoms with Gasteiger partial charge in [-0.05, 0) is 148 Å². The number of hydrogen-bond donors (Lipinski definition) is 4. The van der Waals surface area contributed by atoms with Gasteiger partial charge in [-0.25, -0.2) is 9.13 Å². The van der Waals surface area contributed by atoms with E-state index in [4.69, 9.17) is 32.3 Å². The molecule has 0 rings (SSSR count). The maximum absolute atomic E-state index is 13.0. The van der Waals surface area contributed by atoms with Crippen molar-refractivity contribution in [3.8, 4) is 0 Å². The van der Waals surface area contributed by atoms with Gasteiger partial charge >= 0.3 is 33.6 Å². The summed E-state index contributed by atoms with van der Waals surface area (Å²) in [5.74, 6) is -1.59. The van der Waals surface area contributed by atoms with Crippen LogP contribution < -0.4 is 0 Å². The van der Waals surface area contributed by atoms with Crippen LogP contribution >= 0.6 is 15.6 Å². The van der Waals surface area contributed by atoms with Crippen molar-refractivity contribution < 1.29 is 75.8 Å². The van der Waals surface area contributed by atoms with Crippen molar-refractivity contribution in [3.05, 3.63) is 170 Å². The monoisotopic (exact) mass is 1620 g/mol. The average molecular weight is 1620 g/mol. The third-order valence-corrected chi connectivity index (χ3v) is 20.3. The maximum Gasteiger partial charge on any atom is 0.472 e. The standard InChI is InChI=1S/C95H160O16P2/c1-4-7-10-13-16-19-22-25-28-31-34-36-38-40-42-44-46-48-50-52-55-57-60-63-66-69-72-75-78-81-93(98)105-84-90(96)85-107-112(101,102)108-86-91(97)87-109-113(103,104)110-89-92(111-95(100)83-80-77-74-71-68-65-62-59-54-33-30-27-24-21-18-15-12-9-6-3)88-106-94(99)82-79-76-73-70-67-64-61-58-56-53-51-49-47-45-43-41-39-37-35-32-29-26-23-20-17-14-11-8-5-2/h7-12,16-21,25-30,34-37,40-43,54,59,90-92,96-97H,4-6,13-15,22-24,31-33,38-39,44-53,55-58,60-89H2,1-3H3,(H,101,102)(H,103,104)/b10-7-,11-8-,12-9-,19-16-,20-17-,21-18-,28-25-,29-26-,30-27-,36-34-,37-35-,42-40-,43-41-,59-54-. The second kappa shape index (κ2) is 86.3. The number of aliphatic hydroxyl groups excluding tert-OH is 2. The number of hydrogen-bond acceptors (Lipinski definition) is 14. The van der Waals surface area contributed by atoms with Crippen LogP contribution in [0.4, 0.5) is 0 Å². The molecule has 0 aromatic carbocycles. The van der Waals surface area contributed by atoms with Gasteiger partial charge in [0.2, 0.25) is 0 Å². The molecule has 0 aromatic rings. The molecule has 0 amide bonds. The molecule has 5 unspecified atom stereocenters. The summed E-state index contributed by atoms with van der Waals surface area (Å²) in [6, 6.07) is 0. The number of phosphoric acid groups is 2. The normalized spacial score (nSPS) is 14.6. The van der Waals surface area contributed by atoms with E-state index in [-0.39, 0.29) is 19.3 Å². The van der Waals surface area contributed by atoms with E-state index in [1.807, 2.05) is 0 Å². The maximum atomic E-state index is 13.0. The molecular formula is C95H160O16P2. The molecule has 646 valence electrons. The Morgan fingerprint density at radius 2 is 0.442 bits per heavy atom. The smallest absolute Gasteiger partial charge is 0.463 e. The molecule has 0 aliphatic heterocycles. The van der Waals surface area contributed by atoms with E-state index >= 15 is 0 Å². The summed E-state index contributed by atoms with van der Waals surface area (Å²) in [5, 5.41) is 20.7. The van der Waals surface area contributed by atoms with Crippen molar-refractivity contribution in [2.24, 2.45) is 0 Å². The van der Waals surface area contributed by atoms with E-state index < -0.39 is 91.5 Å². The minimum absolute atomic E-state index is 0.0843. The number of carbonyl (C=O) groups is 3. The molecule has 0 saturated carbocycles. The Balaban J connectivity index is 4.59. The van der Waals surface area contributed by atoms with Gasteiger partial charge in [0.15, 0.2) is 6.10 Å². The number of unbranched alkanes of at least 4 members (excludes halogenated alkanes) is 32. The lowest BCUT2D eigenvalue weighted by Crippen LogP contribution is -2.30. The molecule has 113 heavy (non-hydrogen) atoms. The highest BCUT2D eigenvalue weighted by molar-refractivity contribution is 7.47. The molecule has 0 saturated heterocycles. The Kier molecular flexibility index (Phi) is 82.4. The molecule has 0 fully saturated rings. The van der Waals surface area contributed by atoms with Crippen LogP contribution in [0.5, 0.6) is 0 Å². The van der Waals surface area contributed by atoms with Crippen molar-refractivity contribution in [1.82, 2.24) is 0 Å². The van der Waals surface area contributed by atoms with Crippen molar-refractivity contribution in [2.75, 3.05) is 39.6 Å². The van der Waals surface area contributed by atoms with Gasteiger partial charge < -0.3 is 34.2 Å². The first-order valence-corrected chi connectivity index (χ1v) is 47.4. The van der Waals surface area contributed by atoms with Crippen molar-refractivity contribution >= 4 is 33.6 Å². The van der Waals surface area contributed by atoms with Crippen LogP contribution in [-0.4, -0.2) is 95.9 Å². The number of ether oxygens (including phenoxy) is 3. The number of phosphoric ester groups is 2. The summed E-state index contributed by atoms with van der Waals surface area (Å²) in [4.78, 5) is 58.9. The number of allylic oxidation sites excluding steroid dienone is 28. The van der Waals surface area contributed by atoms with Gasteiger partial charge in [0, 0.05) is 19.3 Å². The minimum atomic E-state index is -4.95. The zero-order chi connectivity index (χ0) is 82.2. The van der Waals surface area contributed by atoms with Gasteiger partial charge in [-0.1, -0.05) is 358 Å². The van der Waals surface area contributed by atoms with Gasteiger partial charge in [0.05, 0.1) is 26.4 Å². The molecule has 5 atom stereocenters. The quantitative estimate of drug-likeness (QED) is 0.0146. The minimum Gasteiger partial charge on any atom is -0.463 e. The Bertz CT molecular complexity index is 2730. The second-order valence-electron chi connectivity index (χ2n) is 29.3. The van der Waals surface area contributed by atoms with Crippen LogP contribution in [0, 0.1) is 0 Å². The Morgan fingerprint density at radius 1 is 0.248 bits per heavy atom. The van der Waals surface area contributed by atoms with Crippen molar-refractivity contribution in [2.45, 2.75) is 373 Å². The first-order valence-electron chi connectivity index (χ1n) is 44.4. The van der Waals surface area contributed by atoms with Crippen LogP contribution in [0.25, 0.3) is 0 Å². The zero-order valence-electron chi connectivity index (χ0n) is 71.0. The predicted octanol–water partition coefficient (Wildman–Crippen LogP) is 27.1. The van der Waals surface area contributed by atoms with Crippen molar-refractivity contribution in [1.29, 1.82) is 0 Å². The molecule has 0 radical (unpaired) electrons. The Hall–Kier alpha value is -5.09. The topological polar surface area (TPSA) is 231 Å². The molecule has 0 aliphatic rings. The SMILES string of the molecule is CC/C=C\C/C=C\C/C=C\C/C=C\C/C=C\CCCCCCCCCCCCCCCC(=O)OCC(O)COP(=O)(O)OCC(O)COP(=O)(O)OCC(COC(=O)CCCCCCCCCCCCCCC/C=C\C/C=C\C/C=C\C/C=C\C/C=C\CC)OC(=O)CCCCCCCC/C=C\C/C=C\C/C=C\C/C=C\CC. The number of esters is 3. The van der Waals surface area contributed by atoms with E-state index in [0.717, 1.165) is 186 Å². The third-order valence-electron chi connectivity index (χ3n) is 18.4. The highest BCUT2D eigenvalue weighted by Gasteiger charge is 2.29. The van der Waals surface area contributed by atoms with Gasteiger partial charge in [-0.15, -0.1) is 0 Å². The average Bonchev–Trinajstić information content (AvgIpc) is 0.899. The lowest BCUT2D eigenvalue weighted by atomic mass is 10.0. The number of aliphatic hydroxyl groups is 2. The van der Waals surface area contributed by atoms with E-state index in [0.29, 0.717) is 19.3 Å². The highest BCUT2D eigenvalue weighted by atomic mass is 31.2. The molecule has 0 spiro atoms. The largest absolute Gasteiger partial charge is 0.472 e. The van der Waals surface area contributed by atoms with Crippen LogP contribution in [-0.2, 0) is 55.8 Å². The summed E-state index contributed by atoms with van der Waals surface area (Å²) in [6.45, 7) is 2.36. The van der Waals surface area contributed by atoms with E-state index in [1.54, 1.807) is 0 Å². The van der Waals surface area contributed by atoms with E-state index in [9.17, 15) is 43.5 Å². The molecule has 18 heteroatoms. The van der Waals surface area contributed by atoms with Crippen LogP contribution in [0.1, 0.15) is 355 Å². The van der Waals surface area contributed by atoms with Crippen molar-refractivity contribution in [3.63, 3.8) is 0 Å². The molecule has 16 nitrogen and oxygen atoms in total. The fourth-order valence-electron chi connectivity index (χ4n) is 11.8. The van der Waals surface area contributed by atoms with Crippen LogP contribution in [0.15, 0.2) is 170 Å². The summed E-state index contributed by atoms with van der Waals surface area (Å²) < 4.78 is 61.4. The highest BCUT2D eigenvalue weighted by Crippen LogP contribution is 2.45. The summed E-state index contributed by atoms with van der Waals surface area (Å²) >= 11 is 0. The molecular weight excluding hydrogens is 1460 g/mol. The molecule has 0 aliphatic carbocycles. The fourth-order valence-corrected chi connectivity index (χ4v) is 13.4. The van der Waals surface area contributed by atoms with Gasteiger partial charge in [-0.3, -0.25) is 32.5 Å². The summed E-state index contributed by atoms with van der Waals surface area (Å²) in [5.41, 5.74) is 0. The van der Waals surface area contributed by atoms with Crippen LogP contribution in [0.3, 0.4) is 0 Å². The number of rotatable bonds is 83. The summed E-state index contributed by atoms with van der Waals surface area (Å²) in [7, 11) is -9.81. The van der Waals surface area contributed by atoms with Gasteiger partial charge in [-0.2, -0.15) is 0 Å². The predicted molar refractivity (Wildman–Crippen MR) is 472 cm³/mol. The van der Waals surface area contributed by atoms with Crippen LogP contribution in [0.2, 0.25) is 0 Å². The zero-order valence-corrected chi connectivity index (χ0v) is 72.8. The summed E-state index contributed by atoms with van der Waals surface area (Å²) in [6.07, 6.45) is 111. The molecule has 0 bridgehead atoms. The second-order valence-corrected chi connectivity index (χ2v) is 32.2.